The van der Waals surface area contributed by atoms with Crippen LogP contribution in [0.5, 0.6) is 0 Å². The lowest BCUT2D eigenvalue weighted by molar-refractivity contribution is 0.118. The first kappa shape index (κ1) is 15.2. The summed E-state index contributed by atoms with van der Waals surface area (Å²) in [6, 6.07) is 20.7. The summed E-state index contributed by atoms with van der Waals surface area (Å²) in [4.78, 5) is 4.71. The second-order valence-corrected chi connectivity index (χ2v) is 6.20. The number of hydrogen-bond donors (Lipinski definition) is 0. The van der Waals surface area contributed by atoms with Crippen LogP contribution in [0.25, 0.3) is 10.9 Å². The van der Waals surface area contributed by atoms with Crippen LogP contribution in [0.2, 0.25) is 0 Å². The molecule has 0 N–H and O–H groups in total. The molecule has 0 atom stereocenters. The van der Waals surface area contributed by atoms with Crippen LogP contribution in [0.1, 0.15) is 17.7 Å². The minimum atomic E-state index is 0.679. The lowest BCUT2D eigenvalue weighted by Gasteiger charge is -2.05. The van der Waals surface area contributed by atoms with Crippen molar-refractivity contribution in [3.8, 4) is 0 Å². The molecule has 0 fully saturated rings. The van der Waals surface area contributed by atoms with Crippen LogP contribution in [0.3, 0.4) is 0 Å². The summed E-state index contributed by atoms with van der Waals surface area (Å²) in [6.07, 6.45) is 1.93. The SMILES string of the molecule is Brc1ccc2ccc(CCCOCc3ccccc3)nc2c1. The van der Waals surface area contributed by atoms with Gasteiger partial charge in [0.1, 0.15) is 0 Å². The molecule has 0 aliphatic rings. The number of aryl methyl sites for hydroxylation is 1. The molecule has 0 bridgehead atoms. The van der Waals surface area contributed by atoms with E-state index in [1.165, 1.54) is 10.9 Å². The van der Waals surface area contributed by atoms with Crippen LogP contribution in [0, 0.1) is 0 Å². The topological polar surface area (TPSA) is 22.1 Å². The van der Waals surface area contributed by atoms with E-state index < -0.39 is 0 Å². The molecule has 3 heteroatoms. The Morgan fingerprint density at radius 1 is 0.955 bits per heavy atom. The van der Waals surface area contributed by atoms with E-state index in [1.807, 2.05) is 24.3 Å². The van der Waals surface area contributed by atoms with E-state index in [0.717, 1.165) is 35.1 Å². The number of rotatable bonds is 6. The highest BCUT2D eigenvalue weighted by Crippen LogP contribution is 2.18. The molecule has 2 aromatic carbocycles. The molecular formula is C19H18BrNO. The van der Waals surface area contributed by atoms with Gasteiger partial charge in [-0.15, -0.1) is 0 Å². The third-order valence-corrected chi connectivity index (χ3v) is 4.04. The highest BCUT2D eigenvalue weighted by molar-refractivity contribution is 9.10. The van der Waals surface area contributed by atoms with E-state index in [9.17, 15) is 0 Å². The fourth-order valence-corrected chi connectivity index (χ4v) is 2.74. The normalized spacial score (nSPS) is 11.0. The molecule has 22 heavy (non-hydrogen) atoms. The number of aromatic nitrogens is 1. The van der Waals surface area contributed by atoms with Gasteiger partial charge in [0.2, 0.25) is 0 Å². The minimum Gasteiger partial charge on any atom is -0.377 e. The highest BCUT2D eigenvalue weighted by Gasteiger charge is 2.00. The maximum atomic E-state index is 5.71. The zero-order chi connectivity index (χ0) is 15.2. The standard InChI is InChI=1S/C19H18BrNO/c20-17-10-8-16-9-11-18(21-19(16)13-17)7-4-12-22-14-15-5-2-1-3-6-15/h1-3,5-6,8-11,13H,4,7,12,14H2. The van der Waals surface area contributed by atoms with Crippen molar-refractivity contribution in [3.05, 3.63) is 76.4 Å². The molecule has 0 unspecified atom stereocenters. The first-order valence-electron chi connectivity index (χ1n) is 7.48. The summed E-state index contributed by atoms with van der Waals surface area (Å²) in [6.45, 7) is 1.44. The molecule has 1 heterocycles. The Balaban J connectivity index is 1.49. The van der Waals surface area contributed by atoms with Gasteiger partial charge in [-0.3, -0.25) is 4.98 Å². The van der Waals surface area contributed by atoms with Crippen LogP contribution in [-0.2, 0) is 17.8 Å². The first-order chi connectivity index (χ1) is 10.8. The van der Waals surface area contributed by atoms with Crippen molar-refractivity contribution in [2.45, 2.75) is 19.4 Å². The summed E-state index contributed by atoms with van der Waals surface area (Å²) in [5, 5.41) is 1.17. The maximum Gasteiger partial charge on any atom is 0.0716 e. The Labute approximate surface area is 139 Å². The predicted molar refractivity (Wildman–Crippen MR) is 93.9 cm³/mol. The number of pyridine rings is 1. The Hall–Kier alpha value is -1.71. The summed E-state index contributed by atoms with van der Waals surface area (Å²) in [5.74, 6) is 0. The lowest BCUT2D eigenvalue weighted by Crippen LogP contribution is -1.99. The lowest BCUT2D eigenvalue weighted by atomic mass is 10.1. The number of fused-ring (bicyclic) bond motifs is 1. The van der Waals surface area contributed by atoms with E-state index in [2.05, 4.69) is 52.3 Å². The molecule has 0 saturated carbocycles. The molecule has 0 spiro atoms. The molecular weight excluding hydrogens is 338 g/mol. The fourth-order valence-electron chi connectivity index (χ4n) is 2.39. The Kier molecular flexibility index (Phi) is 5.20. The third-order valence-electron chi connectivity index (χ3n) is 3.54. The molecule has 0 amide bonds. The Morgan fingerprint density at radius 3 is 2.64 bits per heavy atom. The van der Waals surface area contributed by atoms with E-state index in [1.54, 1.807) is 0 Å². The zero-order valence-electron chi connectivity index (χ0n) is 12.3. The fraction of sp³-hybridized carbons (Fsp3) is 0.211. The molecule has 0 aliphatic carbocycles. The molecule has 3 rings (SSSR count). The number of nitrogens with zero attached hydrogens (tertiary/aromatic N) is 1. The minimum absolute atomic E-state index is 0.679. The van der Waals surface area contributed by atoms with E-state index in [0.29, 0.717) is 6.61 Å². The summed E-state index contributed by atoms with van der Waals surface area (Å²) in [7, 11) is 0. The van der Waals surface area contributed by atoms with E-state index in [-0.39, 0.29) is 0 Å². The summed E-state index contributed by atoms with van der Waals surface area (Å²) < 4.78 is 6.78. The summed E-state index contributed by atoms with van der Waals surface area (Å²) in [5.41, 5.74) is 3.38. The first-order valence-corrected chi connectivity index (χ1v) is 8.27. The second kappa shape index (κ2) is 7.52. The smallest absolute Gasteiger partial charge is 0.0716 e. The van der Waals surface area contributed by atoms with Crippen molar-refractivity contribution in [2.24, 2.45) is 0 Å². The van der Waals surface area contributed by atoms with Crippen molar-refractivity contribution < 1.29 is 4.74 Å². The highest BCUT2D eigenvalue weighted by atomic mass is 79.9. The third kappa shape index (κ3) is 4.15. The molecule has 112 valence electrons. The molecule has 3 aromatic rings. The number of hydrogen-bond acceptors (Lipinski definition) is 2. The Morgan fingerprint density at radius 2 is 1.77 bits per heavy atom. The quantitative estimate of drug-likeness (QED) is 0.570. The maximum absolute atomic E-state index is 5.71. The average molecular weight is 356 g/mol. The van der Waals surface area contributed by atoms with Gasteiger partial charge < -0.3 is 4.74 Å². The number of benzene rings is 2. The molecule has 2 nitrogen and oxygen atoms in total. The predicted octanol–water partition coefficient (Wildman–Crippen LogP) is 5.15. The number of ether oxygens (including phenoxy) is 1. The van der Waals surface area contributed by atoms with Crippen molar-refractivity contribution in [1.82, 2.24) is 4.98 Å². The van der Waals surface area contributed by atoms with Crippen molar-refractivity contribution in [2.75, 3.05) is 6.61 Å². The van der Waals surface area contributed by atoms with Crippen LogP contribution in [0.15, 0.2) is 65.1 Å². The second-order valence-electron chi connectivity index (χ2n) is 5.28. The molecule has 0 saturated heterocycles. The van der Waals surface area contributed by atoms with Gasteiger partial charge >= 0.3 is 0 Å². The van der Waals surface area contributed by atoms with Gasteiger partial charge in [0.05, 0.1) is 12.1 Å². The van der Waals surface area contributed by atoms with Gasteiger partial charge in [0.15, 0.2) is 0 Å². The van der Waals surface area contributed by atoms with Crippen LogP contribution < -0.4 is 0 Å². The van der Waals surface area contributed by atoms with Gasteiger partial charge in [-0.25, -0.2) is 0 Å². The van der Waals surface area contributed by atoms with Crippen molar-refractivity contribution in [3.63, 3.8) is 0 Å². The van der Waals surface area contributed by atoms with Gasteiger partial charge in [-0.2, -0.15) is 0 Å². The number of halogens is 1. The van der Waals surface area contributed by atoms with Gasteiger partial charge in [-0.05, 0) is 36.6 Å². The van der Waals surface area contributed by atoms with Gasteiger partial charge in [0.25, 0.3) is 0 Å². The van der Waals surface area contributed by atoms with Crippen molar-refractivity contribution in [1.29, 1.82) is 0 Å². The van der Waals surface area contributed by atoms with E-state index >= 15 is 0 Å². The van der Waals surface area contributed by atoms with Crippen LogP contribution >= 0.6 is 15.9 Å². The van der Waals surface area contributed by atoms with Gasteiger partial charge in [0, 0.05) is 22.2 Å². The monoisotopic (exact) mass is 355 g/mol. The molecule has 0 aliphatic heterocycles. The van der Waals surface area contributed by atoms with E-state index in [4.69, 9.17) is 9.72 Å². The van der Waals surface area contributed by atoms with Gasteiger partial charge in [-0.1, -0.05) is 58.4 Å². The Bertz CT molecular complexity index is 743. The molecule has 0 radical (unpaired) electrons. The average Bonchev–Trinajstić information content (AvgIpc) is 2.55. The summed E-state index contributed by atoms with van der Waals surface area (Å²) >= 11 is 3.49. The zero-order valence-corrected chi connectivity index (χ0v) is 13.9. The largest absolute Gasteiger partial charge is 0.377 e. The molecule has 1 aromatic heterocycles. The van der Waals surface area contributed by atoms with Crippen LogP contribution in [0.4, 0.5) is 0 Å². The van der Waals surface area contributed by atoms with Crippen LogP contribution in [-0.4, -0.2) is 11.6 Å². The van der Waals surface area contributed by atoms with Crippen molar-refractivity contribution >= 4 is 26.8 Å².